The SMILES string of the molecule is Cc1nccnc1CCC(C)C(=O)O. The second-order valence-electron chi connectivity index (χ2n) is 3.37. The van der Waals surface area contributed by atoms with E-state index in [0.717, 1.165) is 11.4 Å². The first-order chi connectivity index (χ1) is 6.61. The van der Waals surface area contributed by atoms with Crippen molar-refractivity contribution in [3.63, 3.8) is 0 Å². The third-order valence-electron chi connectivity index (χ3n) is 2.22. The first-order valence-electron chi connectivity index (χ1n) is 4.60. The molecule has 0 amide bonds. The smallest absolute Gasteiger partial charge is 0.306 e. The minimum Gasteiger partial charge on any atom is -0.481 e. The molecule has 0 saturated carbocycles. The number of carboxylic acid groups (broad SMARTS) is 1. The number of rotatable bonds is 4. The number of aromatic nitrogens is 2. The molecule has 1 atom stereocenters. The fraction of sp³-hybridized carbons (Fsp3) is 0.500. The van der Waals surface area contributed by atoms with Crippen LogP contribution < -0.4 is 0 Å². The lowest BCUT2D eigenvalue weighted by molar-refractivity contribution is -0.141. The molecule has 0 radical (unpaired) electrons. The Morgan fingerprint density at radius 1 is 1.50 bits per heavy atom. The number of nitrogens with zero attached hydrogens (tertiary/aromatic N) is 2. The van der Waals surface area contributed by atoms with Gasteiger partial charge in [0.25, 0.3) is 0 Å². The molecule has 1 aromatic rings. The standard InChI is InChI=1S/C10H14N2O2/c1-7(10(13)14)3-4-9-8(2)11-5-6-12-9/h5-7H,3-4H2,1-2H3,(H,13,14). The van der Waals surface area contributed by atoms with Gasteiger partial charge in [-0.25, -0.2) is 0 Å². The van der Waals surface area contributed by atoms with E-state index in [1.165, 1.54) is 0 Å². The normalized spacial score (nSPS) is 12.4. The zero-order valence-electron chi connectivity index (χ0n) is 8.40. The van der Waals surface area contributed by atoms with Gasteiger partial charge in [-0.05, 0) is 19.8 Å². The Morgan fingerprint density at radius 2 is 2.14 bits per heavy atom. The summed E-state index contributed by atoms with van der Waals surface area (Å²) in [6, 6.07) is 0. The lowest BCUT2D eigenvalue weighted by Gasteiger charge is -2.06. The van der Waals surface area contributed by atoms with E-state index >= 15 is 0 Å². The van der Waals surface area contributed by atoms with Gasteiger partial charge >= 0.3 is 5.97 Å². The second-order valence-corrected chi connectivity index (χ2v) is 3.37. The van der Waals surface area contributed by atoms with Crippen molar-refractivity contribution < 1.29 is 9.90 Å². The summed E-state index contributed by atoms with van der Waals surface area (Å²) in [5.41, 5.74) is 1.77. The molecule has 0 fully saturated rings. The summed E-state index contributed by atoms with van der Waals surface area (Å²) in [6.07, 6.45) is 4.55. The minimum atomic E-state index is -0.758. The van der Waals surface area contributed by atoms with Gasteiger partial charge in [0, 0.05) is 12.4 Å². The molecule has 1 rings (SSSR count). The molecule has 14 heavy (non-hydrogen) atoms. The third kappa shape index (κ3) is 2.80. The zero-order valence-corrected chi connectivity index (χ0v) is 8.40. The van der Waals surface area contributed by atoms with Crippen LogP contribution >= 0.6 is 0 Å². The highest BCUT2D eigenvalue weighted by atomic mass is 16.4. The van der Waals surface area contributed by atoms with E-state index in [-0.39, 0.29) is 5.92 Å². The van der Waals surface area contributed by atoms with Crippen LogP contribution in [0.2, 0.25) is 0 Å². The minimum absolute atomic E-state index is 0.323. The van der Waals surface area contributed by atoms with Crippen LogP contribution in [0.15, 0.2) is 12.4 Å². The Balaban J connectivity index is 2.54. The molecule has 1 unspecified atom stereocenters. The molecule has 0 aromatic carbocycles. The van der Waals surface area contributed by atoms with Crippen molar-refractivity contribution in [1.82, 2.24) is 9.97 Å². The summed E-state index contributed by atoms with van der Waals surface area (Å²) < 4.78 is 0. The maximum absolute atomic E-state index is 10.6. The van der Waals surface area contributed by atoms with Gasteiger partial charge in [0.05, 0.1) is 17.3 Å². The van der Waals surface area contributed by atoms with Gasteiger partial charge < -0.3 is 5.11 Å². The van der Waals surface area contributed by atoms with Gasteiger partial charge in [-0.2, -0.15) is 0 Å². The molecule has 0 aliphatic carbocycles. The molecule has 76 valence electrons. The Hall–Kier alpha value is -1.45. The van der Waals surface area contributed by atoms with E-state index in [1.54, 1.807) is 19.3 Å². The summed E-state index contributed by atoms with van der Waals surface area (Å²) in [5, 5.41) is 8.69. The lowest BCUT2D eigenvalue weighted by Crippen LogP contribution is -2.11. The fourth-order valence-corrected chi connectivity index (χ4v) is 1.16. The monoisotopic (exact) mass is 194 g/mol. The molecular weight excluding hydrogens is 180 g/mol. The fourth-order valence-electron chi connectivity index (χ4n) is 1.16. The van der Waals surface area contributed by atoms with E-state index in [1.807, 2.05) is 6.92 Å². The van der Waals surface area contributed by atoms with Crippen LogP contribution in [0.5, 0.6) is 0 Å². The van der Waals surface area contributed by atoms with Crippen LogP contribution in [0.3, 0.4) is 0 Å². The third-order valence-corrected chi connectivity index (χ3v) is 2.22. The van der Waals surface area contributed by atoms with Crippen LogP contribution in [-0.4, -0.2) is 21.0 Å². The Morgan fingerprint density at radius 3 is 2.71 bits per heavy atom. The molecule has 0 aliphatic rings. The molecule has 4 nitrogen and oxygen atoms in total. The van der Waals surface area contributed by atoms with Crippen molar-refractivity contribution in [2.24, 2.45) is 5.92 Å². The highest BCUT2D eigenvalue weighted by Crippen LogP contribution is 2.09. The Bertz CT molecular complexity index is 326. The number of aryl methyl sites for hydroxylation is 2. The topological polar surface area (TPSA) is 63.1 Å². The molecule has 4 heteroatoms. The Kier molecular flexibility index (Phi) is 3.56. The molecular formula is C10H14N2O2. The maximum atomic E-state index is 10.6. The first kappa shape index (κ1) is 10.6. The highest BCUT2D eigenvalue weighted by molar-refractivity contribution is 5.69. The maximum Gasteiger partial charge on any atom is 0.306 e. The van der Waals surface area contributed by atoms with Crippen molar-refractivity contribution in [2.75, 3.05) is 0 Å². The zero-order chi connectivity index (χ0) is 10.6. The van der Waals surface area contributed by atoms with Gasteiger partial charge in [0.2, 0.25) is 0 Å². The molecule has 0 bridgehead atoms. The van der Waals surface area contributed by atoms with Gasteiger partial charge in [-0.15, -0.1) is 0 Å². The van der Waals surface area contributed by atoms with Crippen LogP contribution in [0.4, 0.5) is 0 Å². The van der Waals surface area contributed by atoms with Crippen molar-refractivity contribution >= 4 is 5.97 Å². The van der Waals surface area contributed by atoms with E-state index < -0.39 is 5.97 Å². The number of hydrogen-bond acceptors (Lipinski definition) is 3. The average molecular weight is 194 g/mol. The summed E-state index contributed by atoms with van der Waals surface area (Å²) in [5.74, 6) is -1.08. The second kappa shape index (κ2) is 4.69. The van der Waals surface area contributed by atoms with E-state index in [0.29, 0.717) is 12.8 Å². The first-order valence-corrected chi connectivity index (χ1v) is 4.60. The predicted octanol–water partition coefficient (Wildman–Crippen LogP) is 1.44. The summed E-state index contributed by atoms with van der Waals surface area (Å²) >= 11 is 0. The molecule has 0 saturated heterocycles. The average Bonchev–Trinajstić information content (AvgIpc) is 2.16. The van der Waals surface area contributed by atoms with E-state index in [4.69, 9.17) is 5.11 Å². The largest absolute Gasteiger partial charge is 0.481 e. The van der Waals surface area contributed by atoms with Crippen LogP contribution in [-0.2, 0) is 11.2 Å². The summed E-state index contributed by atoms with van der Waals surface area (Å²) in [7, 11) is 0. The van der Waals surface area contributed by atoms with E-state index in [9.17, 15) is 4.79 Å². The number of carboxylic acids is 1. The molecule has 1 aromatic heterocycles. The van der Waals surface area contributed by atoms with Gasteiger partial charge in [0.15, 0.2) is 0 Å². The molecule has 0 spiro atoms. The van der Waals surface area contributed by atoms with Gasteiger partial charge in [0.1, 0.15) is 0 Å². The van der Waals surface area contributed by atoms with Gasteiger partial charge in [-0.1, -0.05) is 6.92 Å². The van der Waals surface area contributed by atoms with Crippen molar-refractivity contribution in [2.45, 2.75) is 26.7 Å². The van der Waals surface area contributed by atoms with Crippen LogP contribution in [0.25, 0.3) is 0 Å². The Labute approximate surface area is 83.0 Å². The highest BCUT2D eigenvalue weighted by Gasteiger charge is 2.11. The summed E-state index contributed by atoms with van der Waals surface area (Å²) in [6.45, 7) is 3.59. The number of hydrogen-bond donors (Lipinski definition) is 1. The lowest BCUT2D eigenvalue weighted by atomic mass is 10.0. The van der Waals surface area contributed by atoms with Crippen molar-refractivity contribution in [3.8, 4) is 0 Å². The van der Waals surface area contributed by atoms with Gasteiger partial charge in [-0.3, -0.25) is 14.8 Å². The number of aliphatic carboxylic acids is 1. The van der Waals surface area contributed by atoms with E-state index in [2.05, 4.69) is 9.97 Å². The molecule has 0 aliphatic heterocycles. The van der Waals surface area contributed by atoms with Crippen molar-refractivity contribution in [3.05, 3.63) is 23.8 Å². The number of carbonyl (C=O) groups is 1. The van der Waals surface area contributed by atoms with Crippen LogP contribution in [0.1, 0.15) is 24.7 Å². The van der Waals surface area contributed by atoms with Crippen LogP contribution in [0, 0.1) is 12.8 Å². The quantitative estimate of drug-likeness (QED) is 0.787. The summed E-state index contributed by atoms with van der Waals surface area (Å²) in [4.78, 5) is 18.8. The predicted molar refractivity (Wildman–Crippen MR) is 51.9 cm³/mol. The van der Waals surface area contributed by atoms with Crippen molar-refractivity contribution in [1.29, 1.82) is 0 Å². The molecule has 1 heterocycles. The molecule has 1 N–H and O–H groups in total.